The van der Waals surface area contributed by atoms with E-state index in [0.717, 1.165) is 28.0 Å². The van der Waals surface area contributed by atoms with Crippen LogP contribution in [-0.2, 0) is 19.3 Å². The van der Waals surface area contributed by atoms with Gasteiger partial charge in [-0.15, -0.1) is 6.58 Å². The molecule has 0 fully saturated rings. The van der Waals surface area contributed by atoms with E-state index in [0.29, 0.717) is 23.0 Å². The quantitative estimate of drug-likeness (QED) is 0.244. The van der Waals surface area contributed by atoms with Crippen molar-refractivity contribution < 1.29 is 4.74 Å². The summed E-state index contributed by atoms with van der Waals surface area (Å²) < 4.78 is 8.87. The first-order valence-corrected chi connectivity index (χ1v) is 10.6. The van der Waals surface area contributed by atoms with Crippen molar-refractivity contribution in [2.24, 2.45) is 7.05 Å². The van der Waals surface area contributed by atoms with Gasteiger partial charge < -0.3 is 9.30 Å². The van der Waals surface area contributed by atoms with Gasteiger partial charge in [0, 0.05) is 31.1 Å². The van der Waals surface area contributed by atoms with E-state index in [9.17, 15) is 4.79 Å². The molecule has 0 aliphatic heterocycles. The molecule has 0 aliphatic carbocycles. The lowest BCUT2D eigenvalue weighted by Crippen LogP contribution is -2.24. The van der Waals surface area contributed by atoms with Gasteiger partial charge in [-0.1, -0.05) is 60.3 Å². The Morgan fingerprint density at radius 2 is 1.97 bits per heavy atom. The Hall–Kier alpha value is -3.25. The lowest BCUT2D eigenvalue weighted by atomic mass is 10.1. The molecule has 5 nitrogen and oxygen atoms in total. The maximum absolute atomic E-state index is 13.3. The minimum atomic E-state index is -0.0577. The van der Waals surface area contributed by atoms with Crippen molar-refractivity contribution in [3.05, 3.63) is 89.4 Å². The Balaban J connectivity index is 1.82. The SMILES string of the molecule is C=CCn1c(SCc2cccc(OC)c2)nc2c(-c3ccccc3)cn(C)c2c1=O. The summed E-state index contributed by atoms with van der Waals surface area (Å²) in [6.45, 7) is 4.23. The fourth-order valence-corrected chi connectivity index (χ4v) is 4.43. The number of methoxy groups -OCH3 is 1. The van der Waals surface area contributed by atoms with Crippen molar-refractivity contribution in [1.82, 2.24) is 14.1 Å². The molecule has 4 rings (SSSR count). The minimum absolute atomic E-state index is 0.0577. The number of ether oxygens (including phenoxy) is 1. The number of nitrogens with zero attached hydrogens (tertiary/aromatic N) is 3. The molecule has 0 unspecified atom stereocenters. The molecule has 2 aromatic carbocycles. The second-order valence-corrected chi connectivity index (χ2v) is 7.90. The van der Waals surface area contributed by atoms with Crippen molar-refractivity contribution in [3.8, 4) is 16.9 Å². The van der Waals surface area contributed by atoms with Crippen LogP contribution in [0.3, 0.4) is 0 Å². The first-order chi connectivity index (χ1) is 14.6. The van der Waals surface area contributed by atoms with Crippen LogP contribution in [0.5, 0.6) is 5.75 Å². The van der Waals surface area contributed by atoms with E-state index in [1.54, 1.807) is 29.5 Å². The third-order valence-corrected chi connectivity index (χ3v) is 5.99. The van der Waals surface area contributed by atoms with Gasteiger partial charge in [-0.3, -0.25) is 9.36 Å². The summed E-state index contributed by atoms with van der Waals surface area (Å²) >= 11 is 1.54. The topological polar surface area (TPSA) is 49.0 Å². The van der Waals surface area contributed by atoms with Crippen molar-refractivity contribution >= 4 is 22.8 Å². The van der Waals surface area contributed by atoms with Crippen LogP contribution in [-0.4, -0.2) is 21.2 Å². The van der Waals surface area contributed by atoms with E-state index in [4.69, 9.17) is 9.72 Å². The number of aryl methyl sites for hydroxylation is 1. The molecule has 0 saturated carbocycles. The van der Waals surface area contributed by atoms with E-state index in [1.165, 1.54) is 0 Å². The van der Waals surface area contributed by atoms with Crippen LogP contribution in [0.4, 0.5) is 0 Å². The zero-order valence-electron chi connectivity index (χ0n) is 17.0. The number of rotatable bonds is 7. The highest BCUT2D eigenvalue weighted by atomic mass is 32.2. The molecule has 0 amide bonds. The number of benzene rings is 2. The van der Waals surface area contributed by atoms with E-state index >= 15 is 0 Å². The molecule has 0 atom stereocenters. The van der Waals surface area contributed by atoms with Crippen LogP contribution < -0.4 is 10.3 Å². The van der Waals surface area contributed by atoms with Gasteiger partial charge in [0.15, 0.2) is 5.16 Å². The normalized spacial score (nSPS) is 11.0. The Kier molecular flexibility index (Phi) is 5.77. The molecule has 6 heteroatoms. The van der Waals surface area contributed by atoms with Gasteiger partial charge in [0.25, 0.3) is 5.56 Å². The monoisotopic (exact) mass is 417 g/mol. The molecule has 0 spiro atoms. The summed E-state index contributed by atoms with van der Waals surface area (Å²) in [6.07, 6.45) is 3.70. The van der Waals surface area contributed by atoms with Gasteiger partial charge in [0.2, 0.25) is 0 Å². The van der Waals surface area contributed by atoms with E-state index in [2.05, 4.69) is 6.58 Å². The Morgan fingerprint density at radius 3 is 2.70 bits per heavy atom. The summed E-state index contributed by atoms with van der Waals surface area (Å²) in [5, 5.41) is 0.679. The first-order valence-electron chi connectivity index (χ1n) is 9.64. The van der Waals surface area contributed by atoms with Crippen molar-refractivity contribution in [2.75, 3.05) is 7.11 Å². The zero-order valence-corrected chi connectivity index (χ0v) is 17.9. The van der Waals surface area contributed by atoms with E-state index in [1.807, 2.05) is 72.4 Å². The van der Waals surface area contributed by atoms with Gasteiger partial charge >= 0.3 is 0 Å². The fraction of sp³-hybridized carbons (Fsp3) is 0.167. The molecule has 4 aromatic rings. The Labute approximate surface area is 179 Å². The van der Waals surface area contributed by atoms with E-state index < -0.39 is 0 Å². The molecule has 0 aliphatic rings. The summed E-state index contributed by atoms with van der Waals surface area (Å²) in [4.78, 5) is 18.3. The van der Waals surface area contributed by atoms with Crippen LogP contribution >= 0.6 is 11.8 Å². The number of hydrogen-bond acceptors (Lipinski definition) is 4. The highest BCUT2D eigenvalue weighted by molar-refractivity contribution is 7.98. The van der Waals surface area contributed by atoms with Crippen molar-refractivity contribution in [3.63, 3.8) is 0 Å². The van der Waals surface area contributed by atoms with Gasteiger partial charge in [0.1, 0.15) is 16.8 Å². The maximum atomic E-state index is 13.3. The molecular formula is C24H23N3O2S. The van der Waals surface area contributed by atoms with Gasteiger partial charge in [-0.2, -0.15) is 0 Å². The summed E-state index contributed by atoms with van der Waals surface area (Å²) in [5.74, 6) is 1.49. The number of hydrogen-bond donors (Lipinski definition) is 0. The predicted molar refractivity (Wildman–Crippen MR) is 123 cm³/mol. The molecule has 152 valence electrons. The second kappa shape index (κ2) is 8.63. The summed E-state index contributed by atoms with van der Waals surface area (Å²) in [7, 11) is 3.54. The fourth-order valence-electron chi connectivity index (χ4n) is 3.49. The Morgan fingerprint density at radius 1 is 1.17 bits per heavy atom. The van der Waals surface area contributed by atoms with Crippen molar-refractivity contribution in [1.29, 1.82) is 0 Å². The van der Waals surface area contributed by atoms with Crippen molar-refractivity contribution in [2.45, 2.75) is 17.5 Å². The average molecular weight is 418 g/mol. The number of allylic oxidation sites excluding steroid dienone is 1. The molecule has 0 bridgehead atoms. The predicted octanol–water partition coefficient (Wildman–Crippen LogP) is 4.89. The lowest BCUT2D eigenvalue weighted by molar-refractivity contribution is 0.414. The Bertz CT molecular complexity index is 1260. The highest BCUT2D eigenvalue weighted by Crippen LogP contribution is 2.30. The zero-order chi connectivity index (χ0) is 21.1. The van der Waals surface area contributed by atoms with E-state index in [-0.39, 0.29) is 5.56 Å². The smallest absolute Gasteiger partial charge is 0.279 e. The van der Waals surface area contributed by atoms with Crippen LogP contribution in [0.1, 0.15) is 5.56 Å². The van der Waals surface area contributed by atoms with Gasteiger partial charge in [-0.05, 0) is 23.3 Å². The summed E-state index contributed by atoms with van der Waals surface area (Å²) in [6, 6.07) is 18.0. The standard InChI is InChI=1S/C24H23N3O2S/c1-4-13-27-23(28)22-21(20(15-26(22)2)18-10-6-5-7-11-18)25-24(27)30-16-17-9-8-12-19(14-17)29-3/h4-12,14-15H,1,13,16H2,2-3H3. The molecule has 0 saturated heterocycles. The molecule has 0 N–H and O–H groups in total. The van der Waals surface area contributed by atoms with Gasteiger partial charge in [-0.25, -0.2) is 4.98 Å². The largest absolute Gasteiger partial charge is 0.497 e. The maximum Gasteiger partial charge on any atom is 0.279 e. The third-order valence-electron chi connectivity index (χ3n) is 4.94. The lowest BCUT2D eigenvalue weighted by Gasteiger charge is -2.11. The number of thioether (sulfide) groups is 1. The molecule has 30 heavy (non-hydrogen) atoms. The molecule has 2 heterocycles. The van der Waals surface area contributed by atoms with Crippen LogP contribution in [0.2, 0.25) is 0 Å². The van der Waals surface area contributed by atoms with Crippen LogP contribution in [0.15, 0.2) is 83.4 Å². The number of fused-ring (bicyclic) bond motifs is 1. The third kappa shape index (κ3) is 3.78. The number of aromatic nitrogens is 3. The molecule has 2 aromatic heterocycles. The first kappa shape index (κ1) is 20.0. The van der Waals surface area contributed by atoms with Gasteiger partial charge in [0.05, 0.1) is 7.11 Å². The minimum Gasteiger partial charge on any atom is -0.497 e. The summed E-state index contributed by atoms with van der Waals surface area (Å²) in [5.41, 5.74) is 4.37. The molecule has 0 radical (unpaired) electrons. The highest BCUT2D eigenvalue weighted by Gasteiger charge is 2.18. The molecular weight excluding hydrogens is 394 g/mol. The van der Waals surface area contributed by atoms with Crippen LogP contribution in [0, 0.1) is 0 Å². The average Bonchev–Trinajstić information content (AvgIpc) is 3.11. The second-order valence-electron chi connectivity index (χ2n) is 6.96. The van der Waals surface area contributed by atoms with Crippen LogP contribution in [0.25, 0.3) is 22.2 Å².